The highest BCUT2D eigenvalue weighted by molar-refractivity contribution is 9.10. The first-order valence-corrected chi connectivity index (χ1v) is 7.30. The fraction of sp³-hybridized carbons (Fsp3) is 0.333. The van der Waals surface area contributed by atoms with Gasteiger partial charge in [0.1, 0.15) is 0 Å². The van der Waals surface area contributed by atoms with E-state index in [4.69, 9.17) is 0 Å². The smallest absolute Gasteiger partial charge is 0.160 e. The van der Waals surface area contributed by atoms with E-state index >= 15 is 0 Å². The Bertz CT molecular complexity index is 555. The molecule has 1 aromatic carbocycles. The molecule has 0 amide bonds. The molecule has 0 bridgehead atoms. The third-order valence-corrected chi connectivity index (χ3v) is 3.45. The van der Waals surface area contributed by atoms with E-state index in [1.54, 1.807) is 0 Å². The van der Waals surface area contributed by atoms with Crippen LogP contribution >= 0.6 is 15.9 Å². The molecular formula is C15H18BrN3. The van der Waals surface area contributed by atoms with Crippen LogP contribution in [0.15, 0.2) is 34.8 Å². The summed E-state index contributed by atoms with van der Waals surface area (Å²) in [6, 6.07) is 10.1. The first kappa shape index (κ1) is 14.2. The summed E-state index contributed by atoms with van der Waals surface area (Å²) in [6.45, 7) is 5.96. The van der Waals surface area contributed by atoms with Crippen LogP contribution in [-0.4, -0.2) is 16.5 Å². The standard InChI is InChI=1S/C15H18BrN3/c1-3-8-17-10-12-9-11(2)18-15(19-12)13-6-4-5-7-14(13)16/h4-7,9,17H,3,8,10H2,1-2H3. The van der Waals surface area contributed by atoms with Gasteiger partial charge in [-0.2, -0.15) is 0 Å². The van der Waals surface area contributed by atoms with Crippen molar-refractivity contribution in [1.29, 1.82) is 0 Å². The van der Waals surface area contributed by atoms with Crippen LogP contribution < -0.4 is 5.32 Å². The van der Waals surface area contributed by atoms with Crippen LogP contribution in [0.2, 0.25) is 0 Å². The molecule has 2 aromatic rings. The molecule has 3 nitrogen and oxygen atoms in total. The summed E-state index contributed by atoms with van der Waals surface area (Å²) < 4.78 is 1.02. The second-order valence-corrected chi connectivity index (χ2v) is 5.34. The van der Waals surface area contributed by atoms with Crippen molar-refractivity contribution in [3.8, 4) is 11.4 Å². The van der Waals surface area contributed by atoms with Crippen molar-refractivity contribution in [2.45, 2.75) is 26.8 Å². The van der Waals surface area contributed by atoms with Crippen LogP contribution in [-0.2, 0) is 6.54 Å². The largest absolute Gasteiger partial charge is 0.311 e. The molecule has 0 aliphatic carbocycles. The average molecular weight is 320 g/mol. The molecule has 2 rings (SSSR count). The van der Waals surface area contributed by atoms with E-state index in [0.29, 0.717) is 0 Å². The number of benzene rings is 1. The normalized spacial score (nSPS) is 10.7. The van der Waals surface area contributed by atoms with E-state index in [9.17, 15) is 0 Å². The fourth-order valence-corrected chi connectivity index (χ4v) is 2.34. The summed E-state index contributed by atoms with van der Waals surface area (Å²) in [7, 11) is 0. The maximum atomic E-state index is 4.63. The second-order valence-electron chi connectivity index (χ2n) is 4.48. The summed E-state index contributed by atoms with van der Waals surface area (Å²) in [5.74, 6) is 0.778. The zero-order valence-electron chi connectivity index (χ0n) is 11.3. The lowest BCUT2D eigenvalue weighted by molar-refractivity contribution is 0.662. The third-order valence-electron chi connectivity index (χ3n) is 2.75. The average Bonchev–Trinajstić information content (AvgIpc) is 2.39. The summed E-state index contributed by atoms with van der Waals surface area (Å²) in [5, 5.41) is 3.37. The Kier molecular flexibility index (Phi) is 5.05. The van der Waals surface area contributed by atoms with Crippen molar-refractivity contribution in [3.05, 3.63) is 46.2 Å². The van der Waals surface area contributed by atoms with Crippen molar-refractivity contribution in [3.63, 3.8) is 0 Å². The van der Waals surface area contributed by atoms with Gasteiger partial charge >= 0.3 is 0 Å². The molecule has 1 N–H and O–H groups in total. The van der Waals surface area contributed by atoms with Gasteiger partial charge in [0.05, 0.1) is 5.69 Å². The predicted octanol–water partition coefficient (Wildman–Crippen LogP) is 3.71. The minimum atomic E-state index is 0.778. The highest BCUT2D eigenvalue weighted by Crippen LogP contribution is 2.25. The van der Waals surface area contributed by atoms with Crippen molar-refractivity contribution in [2.24, 2.45) is 0 Å². The molecule has 0 saturated carbocycles. The molecule has 0 aliphatic rings. The molecule has 0 fully saturated rings. The molecule has 100 valence electrons. The minimum Gasteiger partial charge on any atom is -0.311 e. The molecule has 4 heteroatoms. The van der Waals surface area contributed by atoms with Gasteiger partial charge in [-0.3, -0.25) is 0 Å². The fourth-order valence-electron chi connectivity index (χ4n) is 1.88. The lowest BCUT2D eigenvalue weighted by atomic mass is 10.2. The Balaban J connectivity index is 2.29. The van der Waals surface area contributed by atoms with Crippen LogP contribution in [0.25, 0.3) is 11.4 Å². The Hall–Kier alpha value is -1.26. The van der Waals surface area contributed by atoms with Crippen LogP contribution in [0, 0.1) is 6.92 Å². The van der Waals surface area contributed by atoms with Crippen molar-refractivity contribution in [2.75, 3.05) is 6.54 Å². The van der Waals surface area contributed by atoms with Crippen LogP contribution in [0.4, 0.5) is 0 Å². The summed E-state index contributed by atoms with van der Waals surface area (Å²) in [6.07, 6.45) is 1.13. The van der Waals surface area contributed by atoms with Gasteiger partial charge in [0.25, 0.3) is 0 Å². The highest BCUT2D eigenvalue weighted by atomic mass is 79.9. The van der Waals surface area contributed by atoms with Gasteiger partial charge in [0, 0.05) is 22.3 Å². The molecule has 1 aromatic heterocycles. The van der Waals surface area contributed by atoms with Crippen LogP contribution in [0.5, 0.6) is 0 Å². The SMILES string of the molecule is CCCNCc1cc(C)nc(-c2ccccc2Br)n1. The van der Waals surface area contributed by atoms with E-state index in [2.05, 4.69) is 38.1 Å². The Morgan fingerprint density at radius 2 is 2.00 bits per heavy atom. The topological polar surface area (TPSA) is 37.8 Å². The maximum Gasteiger partial charge on any atom is 0.160 e. The zero-order valence-corrected chi connectivity index (χ0v) is 12.9. The van der Waals surface area contributed by atoms with E-state index in [-0.39, 0.29) is 0 Å². The number of rotatable bonds is 5. The number of halogens is 1. The number of aromatic nitrogens is 2. The molecule has 0 aliphatic heterocycles. The van der Waals surface area contributed by atoms with Gasteiger partial charge in [0.2, 0.25) is 0 Å². The van der Waals surface area contributed by atoms with Gasteiger partial charge < -0.3 is 5.32 Å². The first-order valence-electron chi connectivity index (χ1n) is 6.51. The van der Waals surface area contributed by atoms with Gasteiger partial charge in [-0.15, -0.1) is 0 Å². The number of hydrogen-bond acceptors (Lipinski definition) is 3. The molecule has 19 heavy (non-hydrogen) atoms. The molecule has 1 heterocycles. The van der Waals surface area contributed by atoms with Crippen LogP contribution in [0.3, 0.4) is 0 Å². The van der Waals surface area contributed by atoms with Gasteiger partial charge in [-0.25, -0.2) is 9.97 Å². The monoisotopic (exact) mass is 319 g/mol. The predicted molar refractivity (Wildman–Crippen MR) is 81.9 cm³/mol. The number of hydrogen-bond donors (Lipinski definition) is 1. The van der Waals surface area contributed by atoms with Crippen molar-refractivity contribution >= 4 is 15.9 Å². The van der Waals surface area contributed by atoms with E-state index in [0.717, 1.165) is 46.8 Å². The van der Waals surface area contributed by atoms with E-state index in [1.807, 2.05) is 37.3 Å². The van der Waals surface area contributed by atoms with E-state index in [1.165, 1.54) is 0 Å². The summed E-state index contributed by atoms with van der Waals surface area (Å²) in [4.78, 5) is 9.16. The maximum absolute atomic E-state index is 4.63. The van der Waals surface area contributed by atoms with Gasteiger partial charge in [-0.05, 0) is 32.0 Å². The van der Waals surface area contributed by atoms with Crippen molar-refractivity contribution in [1.82, 2.24) is 15.3 Å². The molecular weight excluding hydrogens is 302 g/mol. The van der Waals surface area contributed by atoms with Gasteiger partial charge in [-0.1, -0.05) is 41.1 Å². The molecule has 0 saturated heterocycles. The van der Waals surface area contributed by atoms with Crippen molar-refractivity contribution < 1.29 is 0 Å². The third kappa shape index (κ3) is 3.85. The lowest BCUT2D eigenvalue weighted by Crippen LogP contribution is -2.15. The summed E-state index contributed by atoms with van der Waals surface area (Å²) >= 11 is 3.55. The van der Waals surface area contributed by atoms with Crippen LogP contribution in [0.1, 0.15) is 24.7 Å². The Morgan fingerprint density at radius 1 is 1.21 bits per heavy atom. The number of aryl methyl sites for hydroxylation is 1. The van der Waals surface area contributed by atoms with Gasteiger partial charge in [0.15, 0.2) is 5.82 Å². The molecule has 0 atom stereocenters. The van der Waals surface area contributed by atoms with E-state index < -0.39 is 0 Å². The zero-order chi connectivity index (χ0) is 13.7. The highest BCUT2D eigenvalue weighted by Gasteiger charge is 2.07. The Morgan fingerprint density at radius 3 is 2.74 bits per heavy atom. The molecule has 0 radical (unpaired) electrons. The lowest BCUT2D eigenvalue weighted by Gasteiger charge is -2.08. The molecule has 0 unspecified atom stereocenters. The number of nitrogens with zero attached hydrogens (tertiary/aromatic N) is 2. The Labute approximate surface area is 122 Å². The summed E-state index contributed by atoms with van der Waals surface area (Å²) in [5.41, 5.74) is 3.06. The minimum absolute atomic E-state index is 0.778. The second kappa shape index (κ2) is 6.78. The molecule has 0 spiro atoms. The quantitative estimate of drug-likeness (QED) is 0.854. The number of nitrogens with one attached hydrogen (secondary N) is 1. The first-order chi connectivity index (χ1) is 9.20.